The zero-order valence-corrected chi connectivity index (χ0v) is 19.9. The summed E-state index contributed by atoms with van der Waals surface area (Å²) >= 11 is 0. The van der Waals surface area contributed by atoms with E-state index < -0.39 is 5.82 Å². The summed E-state index contributed by atoms with van der Waals surface area (Å²) in [6, 6.07) is 19.3. The third kappa shape index (κ3) is 5.13. The van der Waals surface area contributed by atoms with Crippen LogP contribution in [0.4, 0.5) is 4.39 Å². The summed E-state index contributed by atoms with van der Waals surface area (Å²) in [7, 11) is 1.83. The van der Waals surface area contributed by atoms with E-state index in [4.69, 9.17) is 4.52 Å². The molecule has 0 spiro atoms. The summed E-state index contributed by atoms with van der Waals surface area (Å²) in [4.78, 5) is 17.6. The summed E-state index contributed by atoms with van der Waals surface area (Å²) in [5, 5.41) is 4.02. The second-order valence-corrected chi connectivity index (χ2v) is 8.65. The van der Waals surface area contributed by atoms with Gasteiger partial charge in [0, 0.05) is 12.1 Å². The molecule has 5 nitrogen and oxygen atoms in total. The number of benzene rings is 3. The number of rotatable bonds is 8. The molecule has 0 radical (unpaired) electrons. The Kier molecular flexibility index (Phi) is 6.98. The summed E-state index contributed by atoms with van der Waals surface area (Å²) in [5.74, 6) is 0.199. The fourth-order valence-corrected chi connectivity index (χ4v) is 4.19. The third-order valence-electron chi connectivity index (χ3n) is 5.81. The van der Waals surface area contributed by atoms with Crippen LogP contribution in [0.1, 0.15) is 30.5 Å². The van der Waals surface area contributed by atoms with Crippen LogP contribution in [0.2, 0.25) is 0 Å². The van der Waals surface area contributed by atoms with E-state index in [0.29, 0.717) is 19.0 Å². The maximum atomic E-state index is 14.9. The fourth-order valence-electron chi connectivity index (χ4n) is 4.19. The summed E-state index contributed by atoms with van der Waals surface area (Å²) in [6.07, 6.45) is 0.854. The second-order valence-electron chi connectivity index (χ2n) is 8.65. The number of nitrogens with zero attached hydrogens (tertiary/aromatic N) is 3. The monoisotopic (exact) mass is 457 g/mol. The van der Waals surface area contributed by atoms with Crippen molar-refractivity contribution in [2.24, 2.45) is 0 Å². The van der Waals surface area contributed by atoms with E-state index in [0.717, 1.165) is 17.5 Å². The molecule has 34 heavy (non-hydrogen) atoms. The molecule has 4 rings (SSSR count). The molecule has 3 aromatic carbocycles. The molecule has 0 fully saturated rings. The van der Waals surface area contributed by atoms with Gasteiger partial charge < -0.3 is 4.52 Å². The molecular weight excluding hydrogens is 429 g/mol. The molecule has 0 aliphatic carbocycles. The topological polar surface area (TPSA) is 59.2 Å². The molecule has 0 bridgehead atoms. The van der Waals surface area contributed by atoms with Crippen LogP contribution in [-0.4, -0.2) is 34.4 Å². The zero-order chi connectivity index (χ0) is 24.2. The molecule has 0 aliphatic heterocycles. The number of ketones is 1. The molecule has 0 saturated heterocycles. The lowest BCUT2D eigenvalue weighted by molar-refractivity contribution is -0.117. The van der Waals surface area contributed by atoms with Crippen LogP contribution in [0.3, 0.4) is 0 Å². The smallest absolute Gasteiger partial charge is 0.258 e. The number of halogens is 1. The van der Waals surface area contributed by atoms with E-state index in [1.54, 1.807) is 6.07 Å². The highest BCUT2D eigenvalue weighted by Gasteiger charge is 2.17. The summed E-state index contributed by atoms with van der Waals surface area (Å²) in [5.41, 5.74) is 6.63. The Balaban J connectivity index is 1.59. The highest BCUT2D eigenvalue weighted by Crippen LogP contribution is 2.32. The summed E-state index contributed by atoms with van der Waals surface area (Å²) in [6.45, 7) is 6.55. The predicted molar refractivity (Wildman–Crippen MR) is 132 cm³/mol. The van der Waals surface area contributed by atoms with Crippen LogP contribution in [0.25, 0.3) is 34.0 Å². The fraction of sp³-hybridized carbons (Fsp3) is 0.250. The predicted octanol–water partition coefficient (Wildman–Crippen LogP) is 6.10. The van der Waals surface area contributed by atoms with Gasteiger partial charge in [-0.3, -0.25) is 9.69 Å². The van der Waals surface area contributed by atoms with E-state index >= 15 is 0 Å². The van der Waals surface area contributed by atoms with Crippen molar-refractivity contribution in [1.29, 1.82) is 0 Å². The quantitative estimate of drug-likeness (QED) is 0.320. The van der Waals surface area contributed by atoms with Gasteiger partial charge in [0.1, 0.15) is 11.6 Å². The highest BCUT2D eigenvalue weighted by atomic mass is 19.1. The maximum Gasteiger partial charge on any atom is 0.258 e. The van der Waals surface area contributed by atoms with Gasteiger partial charge in [0.15, 0.2) is 0 Å². The molecule has 0 saturated carbocycles. The first-order valence-corrected chi connectivity index (χ1v) is 11.4. The number of carbonyl (C=O) groups excluding carboxylic acids is 1. The lowest BCUT2D eigenvalue weighted by atomic mass is 9.93. The van der Waals surface area contributed by atoms with Gasteiger partial charge >= 0.3 is 0 Å². The van der Waals surface area contributed by atoms with Gasteiger partial charge in [-0.25, -0.2) is 4.39 Å². The van der Waals surface area contributed by atoms with Crippen molar-refractivity contribution in [3.8, 4) is 34.0 Å². The molecule has 0 atom stereocenters. The standard InChI is InChI=1S/C28H28FN3O2/c1-5-21-15-22(11-13-24(21)23-9-7-6-8-18(23)2)28-30-27(31-34-28)25-12-10-20(14-26(25)29)17-32(4)16-19(3)33/h6-15H,5,16-17H2,1-4H3. The van der Waals surface area contributed by atoms with Crippen LogP contribution in [0.5, 0.6) is 0 Å². The molecule has 1 heterocycles. The molecule has 0 amide bonds. The largest absolute Gasteiger partial charge is 0.334 e. The van der Waals surface area contributed by atoms with Crippen molar-refractivity contribution in [2.75, 3.05) is 13.6 Å². The van der Waals surface area contributed by atoms with Crippen LogP contribution in [-0.2, 0) is 17.8 Å². The van der Waals surface area contributed by atoms with Crippen LogP contribution < -0.4 is 0 Å². The number of carbonyl (C=O) groups is 1. The minimum atomic E-state index is -0.426. The number of hydrogen-bond donors (Lipinski definition) is 0. The number of Topliss-reactive ketones (excluding diaryl/α,β-unsaturated/α-hetero) is 1. The van der Waals surface area contributed by atoms with Gasteiger partial charge in [-0.15, -0.1) is 0 Å². The van der Waals surface area contributed by atoms with E-state index in [1.165, 1.54) is 35.2 Å². The average Bonchev–Trinajstić information content (AvgIpc) is 3.28. The Morgan fingerprint density at radius 2 is 1.79 bits per heavy atom. The van der Waals surface area contributed by atoms with Crippen molar-refractivity contribution < 1.29 is 13.7 Å². The molecule has 0 aliphatic rings. The van der Waals surface area contributed by atoms with Gasteiger partial charge in [0.05, 0.1) is 12.1 Å². The molecular formula is C28H28FN3O2. The van der Waals surface area contributed by atoms with Crippen molar-refractivity contribution in [2.45, 2.75) is 33.7 Å². The van der Waals surface area contributed by atoms with Crippen molar-refractivity contribution in [1.82, 2.24) is 15.0 Å². The van der Waals surface area contributed by atoms with Gasteiger partial charge in [-0.05, 0) is 79.4 Å². The maximum absolute atomic E-state index is 14.9. The van der Waals surface area contributed by atoms with E-state index in [9.17, 15) is 9.18 Å². The average molecular weight is 458 g/mol. The lowest BCUT2D eigenvalue weighted by Gasteiger charge is -2.15. The third-order valence-corrected chi connectivity index (χ3v) is 5.81. The first kappa shape index (κ1) is 23.5. The molecule has 174 valence electrons. The minimum Gasteiger partial charge on any atom is -0.334 e. The molecule has 0 N–H and O–H groups in total. The minimum absolute atomic E-state index is 0.0667. The Labute approximate surface area is 199 Å². The number of hydrogen-bond acceptors (Lipinski definition) is 5. The van der Waals surface area contributed by atoms with Gasteiger partial charge in [0.25, 0.3) is 5.89 Å². The van der Waals surface area contributed by atoms with Crippen molar-refractivity contribution >= 4 is 5.78 Å². The number of aromatic nitrogens is 2. The van der Waals surface area contributed by atoms with Gasteiger partial charge in [-0.1, -0.05) is 48.5 Å². The van der Waals surface area contributed by atoms with Crippen LogP contribution >= 0.6 is 0 Å². The van der Waals surface area contributed by atoms with Gasteiger partial charge in [0.2, 0.25) is 5.82 Å². The normalized spacial score (nSPS) is 11.2. The zero-order valence-electron chi connectivity index (χ0n) is 19.9. The highest BCUT2D eigenvalue weighted by molar-refractivity contribution is 5.77. The lowest BCUT2D eigenvalue weighted by Crippen LogP contribution is -2.23. The Morgan fingerprint density at radius 1 is 1.03 bits per heavy atom. The molecule has 6 heteroatoms. The molecule has 4 aromatic rings. The Bertz CT molecular complexity index is 1330. The number of likely N-dealkylation sites (N-methyl/N-ethyl adjacent to an activating group) is 1. The van der Waals surface area contributed by atoms with Crippen molar-refractivity contribution in [3.63, 3.8) is 0 Å². The van der Waals surface area contributed by atoms with Crippen molar-refractivity contribution in [3.05, 3.63) is 83.2 Å². The van der Waals surface area contributed by atoms with E-state index in [-0.39, 0.29) is 17.2 Å². The SMILES string of the molecule is CCc1cc(-c2nc(-c3ccc(CN(C)CC(C)=O)cc3F)no2)ccc1-c1ccccc1C. The molecule has 1 aromatic heterocycles. The van der Waals surface area contributed by atoms with E-state index in [1.807, 2.05) is 36.2 Å². The number of aryl methyl sites for hydroxylation is 2. The van der Waals surface area contributed by atoms with Crippen LogP contribution in [0.15, 0.2) is 65.2 Å². The first-order chi connectivity index (χ1) is 16.4. The first-order valence-electron chi connectivity index (χ1n) is 11.4. The van der Waals surface area contributed by atoms with Gasteiger partial charge in [-0.2, -0.15) is 4.98 Å². The summed E-state index contributed by atoms with van der Waals surface area (Å²) < 4.78 is 20.3. The van der Waals surface area contributed by atoms with Crippen LogP contribution in [0, 0.1) is 12.7 Å². The Hall–Kier alpha value is -3.64. The van der Waals surface area contributed by atoms with E-state index in [2.05, 4.69) is 48.3 Å². The molecule has 0 unspecified atom stereocenters. The second kappa shape index (κ2) is 10.1. The Morgan fingerprint density at radius 3 is 2.50 bits per heavy atom.